The van der Waals surface area contributed by atoms with Crippen LogP contribution >= 0.6 is 11.3 Å². The average molecular weight is 365 g/mol. The number of nitrogens with zero attached hydrogens (tertiary/aromatic N) is 1. The number of rotatable bonds is 6. The SMILES string of the molecule is BCCCN1C[C@H](NCC)c2cc(S(N)(=O)=O)sc2S1(=O)=O. The molecule has 0 amide bonds. The number of thiophene rings is 1. The summed E-state index contributed by atoms with van der Waals surface area (Å²) in [5.74, 6) is 0. The van der Waals surface area contributed by atoms with E-state index in [1.165, 1.54) is 10.4 Å². The number of primary sulfonamides is 1. The molecule has 0 saturated carbocycles. The maximum Gasteiger partial charge on any atom is 0.252 e. The number of nitrogens with one attached hydrogen (secondary N) is 1. The largest absolute Gasteiger partial charge is 0.309 e. The highest BCUT2D eigenvalue weighted by molar-refractivity contribution is 7.94. The third kappa shape index (κ3) is 3.39. The third-order valence-electron chi connectivity index (χ3n) is 3.53. The highest BCUT2D eigenvalue weighted by Gasteiger charge is 2.39. The van der Waals surface area contributed by atoms with Crippen molar-refractivity contribution >= 4 is 39.2 Å². The molecule has 1 aliphatic rings. The van der Waals surface area contributed by atoms with Gasteiger partial charge in [-0.1, -0.05) is 13.2 Å². The Morgan fingerprint density at radius 3 is 2.77 bits per heavy atom. The molecule has 7 nitrogen and oxygen atoms in total. The quantitative estimate of drug-likeness (QED) is 0.660. The number of fused-ring (bicyclic) bond motifs is 1. The second kappa shape index (κ2) is 6.58. The highest BCUT2D eigenvalue weighted by atomic mass is 32.3. The zero-order chi connectivity index (χ0) is 16.5. The molecule has 0 saturated heterocycles. The molecule has 124 valence electrons. The lowest BCUT2D eigenvalue weighted by Crippen LogP contribution is -2.43. The van der Waals surface area contributed by atoms with Gasteiger partial charge in [-0.3, -0.25) is 0 Å². The molecule has 0 fully saturated rings. The Bertz CT molecular complexity index is 745. The number of sulfonamides is 2. The average Bonchev–Trinajstić information content (AvgIpc) is 2.87. The molecule has 0 bridgehead atoms. The van der Waals surface area contributed by atoms with E-state index in [0.29, 0.717) is 25.2 Å². The van der Waals surface area contributed by atoms with Gasteiger partial charge in [-0.25, -0.2) is 22.0 Å². The smallest absolute Gasteiger partial charge is 0.252 e. The normalized spacial score (nSPS) is 21.6. The van der Waals surface area contributed by atoms with Gasteiger partial charge in [0.05, 0.1) is 0 Å². The Balaban J connectivity index is 2.52. The van der Waals surface area contributed by atoms with Crippen molar-refractivity contribution in [3.63, 3.8) is 0 Å². The lowest BCUT2D eigenvalue weighted by molar-refractivity contribution is 0.344. The summed E-state index contributed by atoms with van der Waals surface area (Å²) in [6.45, 7) is 3.32. The highest BCUT2D eigenvalue weighted by Crippen LogP contribution is 2.39. The molecule has 11 heteroatoms. The first-order valence-electron chi connectivity index (χ1n) is 7.11. The summed E-state index contributed by atoms with van der Waals surface area (Å²) in [5.41, 5.74) is 0.503. The predicted molar refractivity (Wildman–Crippen MR) is 88.8 cm³/mol. The van der Waals surface area contributed by atoms with Gasteiger partial charge in [0.25, 0.3) is 10.0 Å². The van der Waals surface area contributed by atoms with Gasteiger partial charge in [0.1, 0.15) is 16.3 Å². The summed E-state index contributed by atoms with van der Waals surface area (Å²) in [7, 11) is -5.57. The Labute approximate surface area is 136 Å². The van der Waals surface area contributed by atoms with Crippen LogP contribution in [0.4, 0.5) is 0 Å². The van der Waals surface area contributed by atoms with E-state index >= 15 is 0 Å². The minimum Gasteiger partial charge on any atom is -0.309 e. The van der Waals surface area contributed by atoms with Crippen LogP contribution in [0, 0.1) is 0 Å². The standard InChI is InChI=1S/C11H20BN3O4S3/c1-2-14-9-7-15(5-3-4-12)22(18,19)11-8(9)6-10(20-11)21(13,16)17/h6,9,14H,2-5,7,12H2,1H3,(H2,13,16,17)/t9-/m0/s1. The fourth-order valence-electron chi connectivity index (χ4n) is 2.43. The molecule has 1 atom stereocenters. The molecule has 2 rings (SSSR count). The fourth-order valence-corrected chi connectivity index (χ4v) is 6.74. The summed E-state index contributed by atoms with van der Waals surface area (Å²) < 4.78 is 49.8. The summed E-state index contributed by atoms with van der Waals surface area (Å²) in [6.07, 6.45) is 1.65. The van der Waals surface area contributed by atoms with Gasteiger partial charge in [0.15, 0.2) is 0 Å². The molecule has 0 radical (unpaired) electrons. The molecule has 1 aromatic rings. The summed E-state index contributed by atoms with van der Waals surface area (Å²) >= 11 is 0.733. The minimum absolute atomic E-state index is 0.0878. The van der Waals surface area contributed by atoms with Crippen molar-refractivity contribution in [1.29, 1.82) is 0 Å². The van der Waals surface area contributed by atoms with E-state index in [1.807, 2.05) is 14.8 Å². The van der Waals surface area contributed by atoms with Crippen molar-refractivity contribution in [3.8, 4) is 0 Å². The second-order valence-corrected chi connectivity index (χ2v) is 10.2. The van der Waals surface area contributed by atoms with E-state index in [1.54, 1.807) is 0 Å². The lowest BCUT2D eigenvalue weighted by atomic mass is 10.0. The van der Waals surface area contributed by atoms with Crippen molar-refractivity contribution in [2.75, 3.05) is 19.6 Å². The Kier molecular flexibility index (Phi) is 5.35. The van der Waals surface area contributed by atoms with Gasteiger partial charge in [-0.2, -0.15) is 4.31 Å². The van der Waals surface area contributed by atoms with E-state index in [4.69, 9.17) is 5.14 Å². The predicted octanol–water partition coefficient (Wildman–Crippen LogP) is -0.508. The lowest BCUT2D eigenvalue weighted by Gasteiger charge is -2.32. The van der Waals surface area contributed by atoms with Crippen LogP contribution in [0.2, 0.25) is 6.32 Å². The molecule has 0 aromatic carbocycles. The molecule has 0 unspecified atom stereocenters. The molecule has 2 heterocycles. The van der Waals surface area contributed by atoms with E-state index in [2.05, 4.69) is 5.32 Å². The topological polar surface area (TPSA) is 110 Å². The monoisotopic (exact) mass is 365 g/mol. The molecular formula is C11H20BN3O4S3. The van der Waals surface area contributed by atoms with Crippen LogP contribution in [0.1, 0.15) is 24.9 Å². The fraction of sp³-hybridized carbons (Fsp3) is 0.636. The number of likely N-dealkylation sites (N-methyl/N-ethyl adjacent to an activating group) is 1. The molecule has 3 N–H and O–H groups in total. The van der Waals surface area contributed by atoms with Crippen molar-refractivity contribution in [2.24, 2.45) is 5.14 Å². The van der Waals surface area contributed by atoms with Gasteiger partial charge >= 0.3 is 0 Å². The summed E-state index contributed by atoms with van der Waals surface area (Å²) in [4.78, 5) is 0. The van der Waals surface area contributed by atoms with Crippen molar-refractivity contribution in [3.05, 3.63) is 11.6 Å². The number of hydrogen-bond donors (Lipinski definition) is 2. The third-order valence-corrected chi connectivity index (χ3v) is 8.49. The van der Waals surface area contributed by atoms with Gasteiger partial charge in [0.2, 0.25) is 10.0 Å². The van der Waals surface area contributed by atoms with Crippen LogP contribution in [0.15, 0.2) is 14.5 Å². The van der Waals surface area contributed by atoms with Crippen molar-refractivity contribution in [1.82, 2.24) is 9.62 Å². The maximum absolute atomic E-state index is 12.7. The van der Waals surface area contributed by atoms with E-state index in [-0.39, 0.29) is 14.5 Å². The Morgan fingerprint density at radius 1 is 1.55 bits per heavy atom. The Hall–Kier alpha value is -0.455. The first kappa shape index (κ1) is 17.9. The van der Waals surface area contributed by atoms with Crippen LogP contribution in [0.25, 0.3) is 0 Å². The molecule has 1 aliphatic heterocycles. The van der Waals surface area contributed by atoms with Gasteiger partial charge in [-0.15, -0.1) is 11.3 Å². The molecule has 0 spiro atoms. The number of hydrogen-bond acceptors (Lipinski definition) is 6. The maximum atomic E-state index is 12.7. The number of nitrogens with two attached hydrogens (primary N) is 1. The van der Waals surface area contributed by atoms with Crippen LogP contribution < -0.4 is 10.5 Å². The van der Waals surface area contributed by atoms with Crippen LogP contribution in [-0.4, -0.2) is 48.6 Å². The van der Waals surface area contributed by atoms with Crippen LogP contribution in [-0.2, 0) is 20.0 Å². The molecule has 0 aliphatic carbocycles. The minimum atomic E-state index is -3.91. The second-order valence-electron chi connectivity index (χ2n) is 5.18. The molecular weight excluding hydrogens is 345 g/mol. The molecule has 1 aromatic heterocycles. The van der Waals surface area contributed by atoms with Gasteiger partial charge < -0.3 is 5.32 Å². The van der Waals surface area contributed by atoms with E-state index in [9.17, 15) is 16.8 Å². The van der Waals surface area contributed by atoms with Crippen molar-refractivity contribution < 1.29 is 16.8 Å². The van der Waals surface area contributed by atoms with E-state index < -0.39 is 20.0 Å². The van der Waals surface area contributed by atoms with Gasteiger partial charge in [-0.05, 0) is 19.0 Å². The van der Waals surface area contributed by atoms with Crippen molar-refractivity contribution in [2.45, 2.75) is 34.1 Å². The van der Waals surface area contributed by atoms with E-state index in [0.717, 1.165) is 24.1 Å². The molecule has 22 heavy (non-hydrogen) atoms. The summed E-state index contributed by atoms with van der Waals surface area (Å²) in [5, 5.41) is 8.36. The first-order chi connectivity index (χ1) is 10.2. The summed E-state index contributed by atoms with van der Waals surface area (Å²) in [6, 6.07) is 1.17. The van der Waals surface area contributed by atoms with Crippen LogP contribution in [0.5, 0.6) is 0 Å². The van der Waals surface area contributed by atoms with Gasteiger partial charge in [0, 0.05) is 24.7 Å². The first-order valence-corrected chi connectivity index (χ1v) is 10.9. The zero-order valence-corrected chi connectivity index (χ0v) is 15.0. The Morgan fingerprint density at radius 2 is 2.23 bits per heavy atom. The van der Waals surface area contributed by atoms with Crippen LogP contribution in [0.3, 0.4) is 0 Å². The zero-order valence-electron chi connectivity index (χ0n) is 12.6.